The van der Waals surface area contributed by atoms with E-state index in [4.69, 9.17) is 4.74 Å². The highest BCUT2D eigenvalue weighted by atomic mass is 16.5. The number of nitrogens with one attached hydrogen (secondary N) is 1. The zero-order valence-electron chi connectivity index (χ0n) is 14.1. The highest BCUT2D eigenvalue weighted by Crippen LogP contribution is 2.33. The van der Waals surface area contributed by atoms with Gasteiger partial charge in [0, 0.05) is 0 Å². The molecule has 0 aliphatic heterocycles. The third-order valence-corrected chi connectivity index (χ3v) is 4.04. The van der Waals surface area contributed by atoms with E-state index in [9.17, 15) is 14.7 Å². The summed E-state index contributed by atoms with van der Waals surface area (Å²) in [5.74, 6) is -0.723. The van der Waals surface area contributed by atoms with E-state index in [1.54, 1.807) is 13.0 Å². The molecule has 5 nitrogen and oxygen atoms in total. The minimum absolute atomic E-state index is 0.00869. The van der Waals surface area contributed by atoms with Crippen molar-refractivity contribution in [2.75, 3.05) is 0 Å². The Hall–Kier alpha value is -2.04. The first-order valence-electron chi connectivity index (χ1n) is 7.99. The van der Waals surface area contributed by atoms with E-state index in [0.717, 1.165) is 18.4 Å². The lowest BCUT2D eigenvalue weighted by atomic mass is 9.87. The van der Waals surface area contributed by atoms with Crippen molar-refractivity contribution in [2.45, 2.75) is 58.1 Å². The minimum Gasteiger partial charge on any atom is -0.481 e. The largest absolute Gasteiger partial charge is 0.481 e. The number of carboxylic acid groups (broad SMARTS) is 1. The van der Waals surface area contributed by atoms with Gasteiger partial charge in [-0.1, -0.05) is 32.9 Å². The molecule has 2 atom stereocenters. The van der Waals surface area contributed by atoms with E-state index in [-0.39, 0.29) is 11.3 Å². The summed E-state index contributed by atoms with van der Waals surface area (Å²) in [4.78, 5) is 23.4. The van der Waals surface area contributed by atoms with E-state index < -0.39 is 24.0 Å². The number of rotatable bonds is 6. The molecule has 0 saturated heterocycles. The molecule has 1 aromatic carbocycles. The summed E-state index contributed by atoms with van der Waals surface area (Å²) < 4.78 is 5.69. The molecule has 126 valence electrons. The van der Waals surface area contributed by atoms with E-state index in [1.807, 2.05) is 18.2 Å². The van der Waals surface area contributed by atoms with Gasteiger partial charge in [-0.25, -0.2) is 4.79 Å². The van der Waals surface area contributed by atoms with Crippen LogP contribution in [0.2, 0.25) is 0 Å². The Morgan fingerprint density at radius 1 is 1.30 bits per heavy atom. The number of carbonyl (C=O) groups excluding carboxylic acids is 1. The lowest BCUT2D eigenvalue weighted by Crippen LogP contribution is -2.47. The fraction of sp³-hybridized carbons (Fsp3) is 0.556. The molecular weight excluding hydrogens is 294 g/mol. The van der Waals surface area contributed by atoms with Crippen LogP contribution in [-0.4, -0.2) is 29.1 Å². The predicted molar refractivity (Wildman–Crippen MR) is 87.5 cm³/mol. The number of carboxylic acids is 1. The highest BCUT2D eigenvalue weighted by molar-refractivity contribution is 5.86. The van der Waals surface area contributed by atoms with Crippen molar-refractivity contribution in [1.29, 1.82) is 0 Å². The molecule has 23 heavy (non-hydrogen) atoms. The molecule has 0 spiro atoms. The fourth-order valence-corrected chi connectivity index (χ4v) is 2.37. The van der Waals surface area contributed by atoms with E-state index in [0.29, 0.717) is 5.75 Å². The number of amides is 1. The number of ether oxygens (including phenoxy) is 1. The van der Waals surface area contributed by atoms with Crippen molar-refractivity contribution in [3.05, 3.63) is 29.8 Å². The Labute approximate surface area is 137 Å². The highest BCUT2D eigenvalue weighted by Gasteiger charge is 2.38. The van der Waals surface area contributed by atoms with Crippen molar-refractivity contribution in [3.8, 4) is 5.75 Å². The molecule has 0 bridgehead atoms. The molecule has 1 aromatic rings. The van der Waals surface area contributed by atoms with Crippen molar-refractivity contribution in [1.82, 2.24) is 5.32 Å². The van der Waals surface area contributed by atoms with E-state index in [1.165, 1.54) is 0 Å². The molecular formula is C18H25NO4. The Bertz CT molecular complexity index is 587. The normalized spacial score (nSPS) is 17.2. The Morgan fingerprint density at radius 3 is 2.48 bits per heavy atom. The van der Waals surface area contributed by atoms with Crippen molar-refractivity contribution < 1.29 is 19.4 Å². The monoisotopic (exact) mass is 319 g/mol. The first kappa shape index (κ1) is 17.3. The fourth-order valence-electron chi connectivity index (χ4n) is 2.37. The van der Waals surface area contributed by atoms with Gasteiger partial charge in [0.2, 0.25) is 0 Å². The Morgan fingerprint density at radius 2 is 1.96 bits per heavy atom. The SMILES string of the molecule is CC(Oc1cccc(C(C)(C)C)c1)C(=O)NC(C(=O)O)C1CC1. The van der Waals surface area contributed by atoms with Crippen LogP contribution in [0.5, 0.6) is 5.75 Å². The third kappa shape index (κ3) is 4.71. The van der Waals surface area contributed by atoms with Gasteiger partial charge in [0.15, 0.2) is 6.10 Å². The zero-order valence-corrected chi connectivity index (χ0v) is 14.1. The summed E-state index contributed by atoms with van der Waals surface area (Å²) in [6, 6.07) is 6.82. The van der Waals surface area contributed by atoms with Gasteiger partial charge in [0.25, 0.3) is 5.91 Å². The molecule has 2 N–H and O–H groups in total. The molecule has 1 aliphatic carbocycles. The van der Waals surface area contributed by atoms with Gasteiger partial charge in [-0.05, 0) is 48.8 Å². The van der Waals surface area contributed by atoms with Gasteiger partial charge >= 0.3 is 5.97 Å². The van der Waals surface area contributed by atoms with Gasteiger partial charge in [0.05, 0.1) is 0 Å². The van der Waals surface area contributed by atoms with Crippen LogP contribution in [0, 0.1) is 5.92 Å². The van der Waals surface area contributed by atoms with Crippen LogP contribution >= 0.6 is 0 Å². The Kier molecular flexibility index (Phi) is 4.97. The lowest BCUT2D eigenvalue weighted by Gasteiger charge is -2.22. The molecule has 1 amide bonds. The third-order valence-electron chi connectivity index (χ3n) is 4.04. The standard InChI is InChI=1S/C18H25NO4/c1-11(16(20)19-15(17(21)22)12-8-9-12)23-14-7-5-6-13(10-14)18(2,3)4/h5-7,10-12,15H,8-9H2,1-4H3,(H,19,20)(H,21,22). The molecule has 1 saturated carbocycles. The van der Waals surface area contributed by atoms with Crippen LogP contribution < -0.4 is 10.1 Å². The summed E-state index contributed by atoms with van der Waals surface area (Å²) >= 11 is 0. The summed E-state index contributed by atoms with van der Waals surface area (Å²) in [5.41, 5.74) is 1.11. The number of hydrogen-bond donors (Lipinski definition) is 2. The van der Waals surface area contributed by atoms with Crippen LogP contribution in [0.3, 0.4) is 0 Å². The van der Waals surface area contributed by atoms with E-state index >= 15 is 0 Å². The topological polar surface area (TPSA) is 75.6 Å². The maximum Gasteiger partial charge on any atom is 0.326 e. The second-order valence-electron chi connectivity index (χ2n) is 7.20. The molecule has 2 unspecified atom stereocenters. The van der Waals surface area contributed by atoms with Crippen LogP contribution in [0.4, 0.5) is 0 Å². The summed E-state index contributed by atoms with van der Waals surface area (Å²) in [5, 5.41) is 11.8. The molecule has 1 aliphatic rings. The molecule has 2 rings (SSSR count). The van der Waals surface area contributed by atoms with Crippen LogP contribution in [-0.2, 0) is 15.0 Å². The quantitative estimate of drug-likeness (QED) is 0.845. The summed E-state index contributed by atoms with van der Waals surface area (Å²) in [6.07, 6.45) is 0.950. The average molecular weight is 319 g/mol. The molecule has 1 fully saturated rings. The molecule has 0 heterocycles. The smallest absolute Gasteiger partial charge is 0.326 e. The number of aliphatic carboxylic acids is 1. The van der Waals surface area contributed by atoms with Crippen LogP contribution in [0.15, 0.2) is 24.3 Å². The number of hydrogen-bond acceptors (Lipinski definition) is 3. The maximum absolute atomic E-state index is 12.2. The van der Waals surface area contributed by atoms with Crippen molar-refractivity contribution in [3.63, 3.8) is 0 Å². The predicted octanol–water partition coefficient (Wildman–Crippen LogP) is 2.73. The summed E-state index contributed by atoms with van der Waals surface area (Å²) in [7, 11) is 0. The van der Waals surface area contributed by atoms with Gasteiger partial charge in [-0.2, -0.15) is 0 Å². The number of carbonyl (C=O) groups is 2. The first-order valence-corrected chi connectivity index (χ1v) is 7.99. The first-order chi connectivity index (χ1) is 10.7. The Balaban J connectivity index is 1.99. The summed E-state index contributed by atoms with van der Waals surface area (Å²) in [6.45, 7) is 7.95. The van der Waals surface area contributed by atoms with Crippen LogP contribution in [0.25, 0.3) is 0 Å². The number of benzene rings is 1. The lowest BCUT2D eigenvalue weighted by molar-refractivity contribution is -0.143. The van der Waals surface area contributed by atoms with Crippen molar-refractivity contribution >= 4 is 11.9 Å². The molecule has 5 heteroatoms. The second-order valence-corrected chi connectivity index (χ2v) is 7.20. The van der Waals surface area contributed by atoms with Gasteiger partial charge < -0.3 is 15.2 Å². The van der Waals surface area contributed by atoms with Crippen LogP contribution in [0.1, 0.15) is 46.1 Å². The molecule has 0 aromatic heterocycles. The van der Waals surface area contributed by atoms with Gasteiger partial charge in [0.1, 0.15) is 11.8 Å². The maximum atomic E-state index is 12.2. The van der Waals surface area contributed by atoms with Crippen molar-refractivity contribution in [2.24, 2.45) is 5.92 Å². The molecule has 0 radical (unpaired) electrons. The zero-order chi connectivity index (χ0) is 17.2. The second kappa shape index (κ2) is 6.60. The van der Waals surface area contributed by atoms with Gasteiger partial charge in [-0.3, -0.25) is 4.79 Å². The minimum atomic E-state index is -0.984. The van der Waals surface area contributed by atoms with E-state index in [2.05, 4.69) is 26.1 Å². The van der Waals surface area contributed by atoms with Gasteiger partial charge in [-0.15, -0.1) is 0 Å². The average Bonchev–Trinajstić information content (AvgIpc) is 3.28.